The van der Waals surface area contributed by atoms with E-state index in [-0.39, 0.29) is 6.61 Å². The van der Waals surface area contributed by atoms with Crippen molar-refractivity contribution >= 4 is 18.0 Å². The second-order valence-corrected chi connectivity index (χ2v) is 5.09. The molecule has 0 aliphatic rings. The summed E-state index contributed by atoms with van der Waals surface area (Å²) in [5, 5.41) is 2.33. The number of rotatable bonds is 9. The number of nitrogens with one attached hydrogen (secondary N) is 1. The number of amides is 1. The van der Waals surface area contributed by atoms with Gasteiger partial charge in [0.05, 0.1) is 14.2 Å². The minimum absolute atomic E-state index is 0.00290. The van der Waals surface area contributed by atoms with Crippen molar-refractivity contribution in [3.05, 3.63) is 35.9 Å². The van der Waals surface area contributed by atoms with E-state index in [2.05, 4.69) is 14.8 Å². The summed E-state index contributed by atoms with van der Waals surface area (Å²) in [5.74, 6) is -1.60. The minimum Gasteiger partial charge on any atom is -0.467 e. The van der Waals surface area contributed by atoms with Crippen LogP contribution in [0.2, 0.25) is 0 Å². The van der Waals surface area contributed by atoms with Crippen LogP contribution in [0.5, 0.6) is 0 Å². The summed E-state index contributed by atoms with van der Waals surface area (Å²) in [7, 11) is 4.80. The van der Waals surface area contributed by atoms with Gasteiger partial charge in [0.2, 0.25) is 0 Å². The van der Waals surface area contributed by atoms with Crippen LogP contribution in [0.3, 0.4) is 0 Å². The summed E-state index contributed by atoms with van der Waals surface area (Å²) in [5.41, 5.74) is 0.768. The number of carbonyl (C=O) groups is 3. The van der Waals surface area contributed by atoms with Gasteiger partial charge < -0.3 is 29.0 Å². The molecule has 0 unspecified atom stereocenters. The van der Waals surface area contributed by atoms with Crippen molar-refractivity contribution in [2.75, 3.05) is 28.4 Å². The molecule has 9 nitrogen and oxygen atoms in total. The van der Waals surface area contributed by atoms with Crippen molar-refractivity contribution in [1.29, 1.82) is 0 Å². The van der Waals surface area contributed by atoms with Crippen LogP contribution in [-0.4, -0.2) is 64.7 Å². The Morgan fingerprint density at radius 2 is 1.54 bits per heavy atom. The van der Waals surface area contributed by atoms with Gasteiger partial charge in [-0.15, -0.1) is 0 Å². The van der Waals surface area contributed by atoms with Gasteiger partial charge in [-0.25, -0.2) is 14.4 Å². The van der Waals surface area contributed by atoms with E-state index in [1.807, 2.05) is 6.07 Å². The summed E-state index contributed by atoms with van der Waals surface area (Å²) >= 11 is 0. The number of carbonyl (C=O) groups excluding carboxylic acids is 3. The van der Waals surface area contributed by atoms with Gasteiger partial charge in [-0.1, -0.05) is 30.3 Å². The highest BCUT2D eigenvalue weighted by Crippen LogP contribution is 2.12. The van der Waals surface area contributed by atoms with E-state index in [1.54, 1.807) is 24.3 Å². The SMILES string of the molecule is COC(=O)[C@@H](NC(=O)OCc1ccccc1)[C@H](OC)[C@H](OC)C(=O)OC. The fourth-order valence-corrected chi connectivity index (χ4v) is 2.21. The van der Waals surface area contributed by atoms with Gasteiger partial charge in [0.1, 0.15) is 12.7 Å². The third-order valence-electron chi connectivity index (χ3n) is 3.53. The quantitative estimate of drug-likeness (QED) is 0.499. The topological polar surface area (TPSA) is 109 Å². The summed E-state index contributed by atoms with van der Waals surface area (Å²) in [4.78, 5) is 36.0. The molecule has 0 bridgehead atoms. The average molecular weight is 369 g/mol. The van der Waals surface area contributed by atoms with Crippen LogP contribution in [0.4, 0.5) is 4.79 Å². The molecule has 1 rings (SSSR count). The number of alkyl carbamates (subject to hydrolysis) is 1. The maximum Gasteiger partial charge on any atom is 0.408 e. The predicted octanol–water partition coefficient (Wildman–Crippen LogP) is 0.657. The number of hydrogen-bond acceptors (Lipinski definition) is 8. The van der Waals surface area contributed by atoms with Crippen molar-refractivity contribution in [2.24, 2.45) is 0 Å². The third-order valence-corrected chi connectivity index (χ3v) is 3.53. The molecule has 0 radical (unpaired) electrons. The summed E-state index contributed by atoms with van der Waals surface area (Å²) in [6.45, 7) is 0.00290. The second kappa shape index (κ2) is 11.1. The Morgan fingerprint density at radius 1 is 0.923 bits per heavy atom. The van der Waals surface area contributed by atoms with E-state index in [0.29, 0.717) is 0 Å². The Labute approximate surface area is 151 Å². The lowest BCUT2D eigenvalue weighted by Crippen LogP contribution is -2.56. The van der Waals surface area contributed by atoms with Crippen molar-refractivity contribution in [3.8, 4) is 0 Å². The lowest BCUT2D eigenvalue weighted by atomic mass is 10.1. The van der Waals surface area contributed by atoms with Gasteiger partial charge >= 0.3 is 18.0 Å². The molecular formula is C17H23NO8. The zero-order valence-electron chi connectivity index (χ0n) is 15.1. The maximum absolute atomic E-state index is 12.1. The molecule has 9 heteroatoms. The molecule has 3 atom stereocenters. The number of benzene rings is 1. The van der Waals surface area contributed by atoms with Crippen LogP contribution < -0.4 is 5.32 Å². The summed E-state index contributed by atoms with van der Waals surface area (Å²) in [6.07, 6.45) is -3.33. The van der Waals surface area contributed by atoms with Gasteiger partial charge in [0.25, 0.3) is 0 Å². The van der Waals surface area contributed by atoms with Crippen LogP contribution in [0, 0.1) is 0 Å². The van der Waals surface area contributed by atoms with Crippen LogP contribution in [0.25, 0.3) is 0 Å². The largest absolute Gasteiger partial charge is 0.467 e. The highest BCUT2D eigenvalue weighted by Gasteiger charge is 2.41. The molecule has 0 saturated carbocycles. The maximum atomic E-state index is 12.1. The van der Waals surface area contributed by atoms with Crippen LogP contribution in [0.15, 0.2) is 30.3 Å². The Kier molecular flexibility index (Phi) is 9.10. The van der Waals surface area contributed by atoms with E-state index >= 15 is 0 Å². The molecule has 1 aromatic rings. The van der Waals surface area contributed by atoms with Crippen molar-refractivity contribution in [3.63, 3.8) is 0 Å². The average Bonchev–Trinajstić information content (AvgIpc) is 2.68. The van der Waals surface area contributed by atoms with Crippen molar-refractivity contribution < 1.29 is 38.1 Å². The third kappa shape index (κ3) is 6.01. The zero-order chi connectivity index (χ0) is 19.5. The Balaban J connectivity index is 2.85. The van der Waals surface area contributed by atoms with E-state index in [9.17, 15) is 14.4 Å². The summed E-state index contributed by atoms with van der Waals surface area (Å²) < 4.78 is 24.6. The van der Waals surface area contributed by atoms with Crippen molar-refractivity contribution in [1.82, 2.24) is 5.32 Å². The Morgan fingerprint density at radius 3 is 2.04 bits per heavy atom. The first kappa shape index (κ1) is 21.4. The van der Waals surface area contributed by atoms with Crippen LogP contribution in [0.1, 0.15) is 5.56 Å². The van der Waals surface area contributed by atoms with Crippen LogP contribution in [-0.2, 0) is 39.9 Å². The fraction of sp³-hybridized carbons (Fsp3) is 0.471. The monoisotopic (exact) mass is 369 g/mol. The summed E-state index contributed by atoms with van der Waals surface area (Å²) in [6, 6.07) is 7.64. The predicted molar refractivity (Wildman–Crippen MR) is 89.2 cm³/mol. The van der Waals surface area contributed by atoms with E-state index < -0.39 is 36.3 Å². The van der Waals surface area contributed by atoms with Crippen LogP contribution >= 0.6 is 0 Å². The van der Waals surface area contributed by atoms with E-state index in [4.69, 9.17) is 14.2 Å². The zero-order valence-corrected chi connectivity index (χ0v) is 15.1. The number of esters is 2. The van der Waals surface area contributed by atoms with Gasteiger partial charge in [-0.2, -0.15) is 0 Å². The van der Waals surface area contributed by atoms with Gasteiger partial charge in [-0.3, -0.25) is 0 Å². The van der Waals surface area contributed by atoms with E-state index in [1.165, 1.54) is 14.2 Å². The minimum atomic E-state index is -1.35. The van der Waals surface area contributed by atoms with E-state index in [0.717, 1.165) is 19.8 Å². The Bertz CT molecular complexity index is 592. The molecule has 0 aliphatic carbocycles. The lowest BCUT2D eigenvalue weighted by Gasteiger charge is -2.28. The number of methoxy groups -OCH3 is 4. The molecule has 0 aliphatic heterocycles. The van der Waals surface area contributed by atoms with Gasteiger partial charge in [-0.05, 0) is 5.56 Å². The number of hydrogen-bond donors (Lipinski definition) is 1. The fourth-order valence-electron chi connectivity index (χ4n) is 2.21. The molecule has 1 aromatic carbocycles. The smallest absolute Gasteiger partial charge is 0.408 e. The first-order valence-electron chi connectivity index (χ1n) is 7.66. The molecule has 144 valence electrons. The molecule has 0 fully saturated rings. The first-order chi connectivity index (χ1) is 12.5. The van der Waals surface area contributed by atoms with Gasteiger partial charge in [0.15, 0.2) is 12.1 Å². The number of ether oxygens (including phenoxy) is 5. The molecule has 0 aromatic heterocycles. The highest BCUT2D eigenvalue weighted by atomic mass is 16.6. The molecule has 26 heavy (non-hydrogen) atoms. The van der Waals surface area contributed by atoms with Gasteiger partial charge in [0, 0.05) is 14.2 Å². The Hall–Kier alpha value is -2.65. The molecular weight excluding hydrogens is 346 g/mol. The molecule has 0 heterocycles. The van der Waals surface area contributed by atoms with Crippen molar-refractivity contribution in [2.45, 2.75) is 24.9 Å². The highest BCUT2D eigenvalue weighted by molar-refractivity contribution is 5.84. The molecule has 0 spiro atoms. The lowest BCUT2D eigenvalue weighted by molar-refractivity contribution is -0.167. The molecule has 1 amide bonds. The second-order valence-electron chi connectivity index (χ2n) is 5.09. The standard InChI is InChI=1S/C17H23NO8/c1-22-13(14(23-2)16(20)25-4)12(15(19)24-3)18-17(21)26-10-11-8-6-5-7-9-11/h5-9,12-14H,10H2,1-4H3,(H,18,21)/t12-,13-,14-/m0/s1. The molecule has 0 saturated heterocycles. The normalized spacial score (nSPS) is 13.8. The molecule has 1 N–H and O–H groups in total. The first-order valence-corrected chi connectivity index (χ1v) is 7.66.